The Morgan fingerprint density at radius 2 is 1.95 bits per heavy atom. The van der Waals surface area contributed by atoms with E-state index in [2.05, 4.69) is 19.0 Å². The van der Waals surface area contributed by atoms with Crippen LogP contribution in [0.1, 0.15) is 58.0 Å². The molecule has 2 rings (SSSR count). The van der Waals surface area contributed by atoms with Crippen molar-refractivity contribution >= 4 is 28.8 Å². The van der Waals surface area contributed by atoms with Gasteiger partial charge in [0.1, 0.15) is 15.8 Å². The van der Waals surface area contributed by atoms with Crippen molar-refractivity contribution in [1.29, 1.82) is 0 Å². The van der Waals surface area contributed by atoms with Crippen LogP contribution in [0.2, 0.25) is 0 Å². The minimum absolute atomic E-state index is 0.0360. The molecule has 1 aliphatic rings. The average molecular weight is 316 g/mol. The minimum atomic E-state index is -1.09. The molecule has 1 aliphatic heterocycles. The number of piperidine rings is 1. The summed E-state index contributed by atoms with van der Waals surface area (Å²) in [5.74, 6) is 0.833. The zero-order chi connectivity index (χ0) is 14.8. The van der Waals surface area contributed by atoms with Crippen LogP contribution in [0.15, 0.2) is 0 Å². The quantitative estimate of drug-likeness (QED) is 0.865. The second-order valence-corrected chi connectivity index (χ2v) is 8.98. The van der Waals surface area contributed by atoms with E-state index in [1.165, 1.54) is 30.8 Å². The van der Waals surface area contributed by atoms with E-state index in [4.69, 9.17) is 0 Å². The standard InChI is InChI=1S/C13H24N4OS2/c1-10(16-20(18)13(2,3)4)11-14-12(15-19-11)17-8-6-5-7-9-17/h10,16H,5-9H2,1-4H3/t10-,20-/m0/s1. The summed E-state index contributed by atoms with van der Waals surface area (Å²) >= 11 is 0.316. The maximum absolute atomic E-state index is 12.1. The highest BCUT2D eigenvalue weighted by atomic mass is 32.2. The van der Waals surface area contributed by atoms with E-state index in [1.54, 1.807) is 0 Å². The van der Waals surface area contributed by atoms with E-state index in [-0.39, 0.29) is 10.8 Å². The smallest absolute Gasteiger partial charge is 0.237 e. The molecule has 7 heteroatoms. The number of nitrogens with one attached hydrogen (secondary N) is 1. The molecule has 5 nitrogen and oxygen atoms in total. The third kappa shape index (κ3) is 4.07. The van der Waals surface area contributed by atoms with Crippen LogP contribution >= 0.6 is 11.5 Å². The lowest BCUT2D eigenvalue weighted by atomic mass is 10.1. The Kier molecular flexibility index (Phi) is 5.28. The van der Waals surface area contributed by atoms with E-state index in [1.807, 2.05) is 27.7 Å². The van der Waals surface area contributed by atoms with Gasteiger partial charge in [0.05, 0.1) is 0 Å². The first-order valence-corrected chi connectivity index (χ1v) is 9.07. The van der Waals surface area contributed by atoms with Crippen LogP contribution in [0.3, 0.4) is 0 Å². The van der Waals surface area contributed by atoms with Crippen molar-refractivity contribution in [3.63, 3.8) is 0 Å². The average Bonchev–Trinajstić information content (AvgIpc) is 2.88. The van der Waals surface area contributed by atoms with Crippen LogP contribution in [0, 0.1) is 0 Å². The highest BCUT2D eigenvalue weighted by Gasteiger charge is 2.29. The van der Waals surface area contributed by atoms with Gasteiger partial charge in [-0.1, -0.05) is 0 Å². The van der Waals surface area contributed by atoms with Crippen molar-refractivity contribution < 1.29 is 4.55 Å². The van der Waals surface area contributed by atoms with Gasteiger partial charge >= 0.3 is 0 Å². The molecule has 0 unspecified atom stereocenters. The van der Waals surface area contributed by atoms with Gasteiger partial charge in [-0.3, -0.25) is 0 Å². The highest BCUT2D eigenvalue weighted by molar-refractivity contribution is 7.90. The molecule has 2 atom stereocenters. The van der Waals surface area contributed by atoms with E-state index >= 15 is 0 Å². The van der Waals surface area contributed by atoms with Gasteiger partial charge in [-0.25, -0.2) is 4.98 Å². The lowest BCUT2D eigenvalue weighted by Crippen LogP contribution is -2.40. The first-order valence-electron chi connectivity index (χ1n) is 7.14. The predicted molar refractivity (Wildman–Crippen MR) is 85.4 cm³/mol. The molecule has 1 saturated heterocycles. The predicted octanol–water partition coefficient (Wildman–Crippen LogP) is 2.64. The molecule has 2 heterocycles. The SMILES string of the molecule is C[C@H](N[S@@+]([O-])C(C)(C)C)c1nc(N2CCCCC2)ns1. The fourth-order valence-corrected chi connectivity index (χ4v) is 3.54. The summed E-state index contributed by atoms with van der Waals surface area (Å²) in [6, 6.07) is -0.0360. The summed E-state index contributed by atoms with van der Waals surface area (Å²) in [4.78, 5) is 6.85. The third-order valence-corrected chi connectivity index (χ3v) is 5.85. The van der Waals surface area contributed by atoms with E-state index in [9.17, 15) is 4.55 Å². The van der Waals surface area contributed by atoms with Gasteiger partial charge in [-0.15, -0.1) is 4.72 Å². The molecule has 1 aromatic rings. The number of anilines is 1. The maximum atomic E-state index is 12.1. The van der Waals surface area contributed by atoms with E-state index in [0.29, 0.717) is 0 Å². The first-order chi connectivity index (χ1) is 9.38. The van der Waals surface area contributed by atoms with Crippen molar-refractivity contribution in [1.82, 2.24) is 14.1 Å². The summed E-state index contributed by atoms with van der Waals surface area (Å²) in [7, 11) is 0. The minimum Gasteiger partial charge on any atom is -0.598 e. The molecule has 0 bridgehead atoms. The van der Waals surface area contributed by atoms with Gasteiger partial charge in [-0.2, -0.15) is 4.37 Å². The van der Waals surface area contributed by atoms with Gasteiger partial charge in [0, 0.05) is 24.5 Å². The number of rotatable bonds is 4. The Hall–Kier alpha value is -0.370. The molecule has 0 spiro atoms. The van der Waals surface area contributed by atoms with E-state index in [0.717, 1.165) is 24.0 Å². The van der Waals surface area contributed by atoms with Gasteiger partial charge in [0.2, 0.25) is 5.95 Å². The van der Waals surface area contributed by atoms with Crippen molar-refractivity contribution in [2.24, 2.45) is 0 Å². The molecule has 1 aromatic heterocycles. The lowest BCUT2D eigenvalue weighted by molar-refractivity contribution is 0.530. The van der Waals surface area contributed by atoms with Crippen molar-refractivity contribution in [3.05, 3.63) is 5.01 Å². The molecule has 0 aliphatic carbocycles. The molecule has 1 fully saturated rings. The molecule has 114 valence electrons. The van der Waals surface area contributed by atoms with Crippen LogP contribution in [-0.2, 0) is 11.4 Å². The molecule has 20 heavy (non-hydrogen) atoms. The van der Waals surface area contributed by atoms with Gasteiger partial charge in [-0.05, 0) is 58.5 Å². The van der Waals surface area contributed by atoms with Gasteiger partial charge in [0.15, 0.2) is 0 Å². The van der Waals surface area contributed by atoms with Crippen LogP contribution in [0.4, 0.5) is 5.95 Å². The Bertz CT molecular complexity index is 426. The fourth-order valence-electron chi connectivity index (χ4n) is 2.01. The van der Waals surface area contributed by atoms with Gasteiger partial charge < -0.3 is 9.45 Å². The second kappa shape index (κ2) is 6.60. The topological polar surface area (TPSA) is 64.1 Å². The molecule has 0 aromatic carbocycles. The summed E-state index contributed by atoms with van der Waals surface area (Å²) in [5, 5.41) is 0.906. The summed E-state index contributed by atoms with van der Waals surface area (Å²) in [6.45, 7) is 9.97. The van der Waals surface area contributed by atoms with Crippen molar-refractivity contribution in [2.75, 3.05) is 18.0 Å². The maximum Gasteiger partial charge on any atom is 0.237 e. The summed E-state index contributed by atoms with van der Waals surface area (Å²) in [6.07, 6.45) is 3.74. The van der Waals surface area contributed by atoms with Crippen LogP contribution in [-0.4, -0.2) is 31.7 Å². The Balaban J connectivity index is 1.97. The van der Waals surface area contributed by atoms with Crippen LogP contribution in [0.25, 0.3) is 0 Å². The molecular weight excluding hydrogens is 292 g/mol. The Morgan fingerprint density at radius 1 is 1.30 bits per heavy atom. The highest BCUT2D eigenvalue weighted by Crippen LogP contribution is 2.24. The Labute approximate surface area is 128 Å². The number of aromatic nitrogens is 2. The summed E-state index contributed by atoms with van der Waals surface area (Å²) in [5.41, 5.74) is 0. The monoisotopic (exact) mass is 316 g/mol. The molecule has 0 amide bonds. The van der Waals surface area contributed by atoms with E-state index < -0.39 is 11.4 Å². The fraction of sp³-hybridized carbons (Fsp3) is 0.846. The zero-order valence-corrected chi connectivity index (χ0v) is 14.3. The second-order valence-electron chi connectivity index (χ2n) is 6.20. The van der Waals surface area contributed by atoms with Crippen LogP contribution in [0.5, 0.6) is 0 Å². The van der Waals surface area contributed by atoms with Gasteiger partial charge in [0.25, 0.3) is 0 Å². The molecule has 0 radical (unpaired) electrons. The van der Waals surface area contributed by atoms with Crippen molar-refractivity contribution in [2.45, 2.75) is 57.7 Å². The summed E-state index contributed by atoms with van der Waals surface area (Å²) < 4.78 is 19.4. The number of hydrogen-bond donors (Lipinski definition) is 1. The number of hydrogen-bond acceptors (Lipinski definition) is 6. The largest absolute Gasteiger partial charge is 0.598 e. The lowest BCUT2D eigenvalue weighted by Gasteiger charge is -2.26. The molecular formula is C13H24N4OS2. The normalized spacial score (nSPS) is 19.9. The third-order valence-electron chi connectivity index (χ3n) is 3.28. The van der Waals surface area contributed by atoms with Crippen LogP contribution < -0.4 is 9.62 Å². The Morgan fingerprint density at radius 3 is 2.55 bits per heavy atom. The molecule has 1 N–H and O–H groups in total. The zero-order valence-electron chi connectivity index (χ0n) is 12.7. The van der Waals surface area contributed by atoms with Crippen molar-refractivity contribution in [3.8, 4) is 0 Å². The first kappa shape index (κ1) is 16.0. The number of nitrogens with zero attached hydrogens (tertiary/aromatic N) is 3. The molecule has 0 saturated carbocycles.